The number of fused-ring (bicyclic) bond motifs is 1. The maximum atomic E-state index is 13.8. The molecule has 0 atom stereocenters. The monoisotopic (exact) mass is 672 g/mol. The van der Waals surface area contributed by atoms with Crippen LogP contribution in [0.3, 0.4) is 0 Å². The van der Waals surface area contributed by atoms with Crippen molar-refractivity contribution in [2.24, 2.45) is 5.10 Å². The SMILES string of the molecule is COc1cc(C)c(-c2nc3ccccc3c(=O)n2N=Cc2cc(Cl)c(OCC(=O)Nc3ccccc3)c(Br)c2)cc1C(C)C. The molecule has 1 heterocycles. The van der Waals surface area contributed by atoms with Gasteiger partial charge >= 0.3 is 0 Å². The van der Waals surface area contributed by atoms with Gasteiger partial charge in [0.15, 0.2) is 18.2 Å². The maximum Gasteiger partial charge on any atom is 0.282 e. The van der Waals surface area contributed by atoms with E-state index in [0.717, 1.165) is 22.4 Å². The van der Waals surface area contributed by atoms with Crippen molar-refractivity contribution in [2.45, 2.75) is 26.7 Å². The van der Waals surface area contributed by atoms with Crippen molar-refractivity contribution in [3.8, 4) is 22.9 Å². The van der Waals surface area contributed by atoms with Crippen LogP contribution in [0.15, 0.2) is 93.2 Å². The van der Waals surface area contributed by atoms with Crippen molar-refractivity contribution in [1.29, 1.82) is 0 Å². The Morgan fingerprint density at radius 2 is 1.82 bits per heavy atom. The molecular weight excluding hydrogens is 644 g/mol. The molecule has 0 aliphatic rings. The van der Waals surface area contributed by atoms with Gasteiger partial charge in [0.05, 0.1) is 33.7 Å². The van der Waals surface area contributed by atoms with Gasteiger partial charge in [-0.2, -0.15) is 9.78 Å². The number of halogens is 2. The third-order valence-electron chi connectivity index (χ3n) is 6.94. The average molecular weight is 674 g/mol. The van der Waals surface area contributed by atoms with Crippen LogP contribution < -0.4 is 20.3 Å². The van der Waals surface area contributed by atoms with Gasteiger partial charge in [-0.05, 0) is 94.0 Å². The van der Waals surface area contributed by atoms with Crippen molar-refractivity contribution in [3.63, 3.8) is 0 Å². The number of carbonyl (C=O) groups is 1. The van der Waals surface area contributed by atoms with E-state index < -0.39 is 0 Å². The fourth-order valence-corrected chi connectivity index (χ4v) is 5.73. The molecule has 4 aromatic carbocycles. The van der Waals surface area contributed by atoms with Crippen LogP contribution >= 0.6 is 27.5 Å². The smallest absolute Gasteiger partial charge is 0.282 e. The van der Waals surface area contributed by atoms with Crippen molar-refractivity contribution < 1.29 is 14.3 Å². The van der Waals surface area contributed by atoms with Gasteiger partial charge in [-0.25, -0.2) is 4.98 Å². The normalized spacial score (nSPS) is 11.3. The van der Waals surface area contributed by atoms with Crippen LogP contribution in [0.2, 0.25) is 5.02 Å². The molecule has 224 valence electrons. The van der Waals surface area contributed by atoms with Crippen molar-refractivity contribution in [3.05, 3.63) is 115 Å². The Morgan fingerprint density at radius 3 is 2.52 bits per heavy atom. The molecule has 1 amide bonds. The van der Waals surface area contributed by atoms with E-state index in [1.54, 1.807) is 43.5 Å². The fourth-order valence-electron chi connectivity index (χ4n) is 4.74. The lowest BCUT2D eigenvalue weighted by Crippen LogP contribution is -2.21. The van der Waals surface area contributed by atoms with Crippen LogP contribution in [0.5, 0.6) is 11.5 Å². The molecule has 0 aliphatic heterocycles. The summed E-state index contributed by atoms with van der Waals surface area (Å²) >= 11 is 10.0. The van der Waals surface area contributed by atoms with Crippen LogP contribution in [0.25, 0.3) is 22.3 Å². The third kappa shape index (κ3) is 6.69. The number of aromatic nitrogens is 2. The van der Waals surface area contributed by atoms with Crippen LogP contribution in [0, 0.1) is 6.92 Å². The lowest BCUT2D eigenvalue weighted by molar-refractivity contribution is -0.118. The number of nitrogens with zero attached hydrogens (tertiary/aromatic N) is 3. The Morgan fingerprint density at radius 1 is 1.09 bits per heavy atom. The second kappa shape index (κ2) is 13.4. The van der Waals surface area contributed by atoms with Crippen LogP contribution in [0.1, 0.15) is 36.5 Å². The summed E-state index contributed by atoms with van der Waals surface area (Å²) in [5.41, 5.74) is 4.19. The fraction of sp³-hybridized carbons (Fsp3) is 0.176. The van der Waals surface area contributed by atoms with Gasteiger partial charge in [0.2, 0.25) is 0 Å². The quantitative estimate of drug-likeness (QED) is 0.161. The van der Waals surface area contributed by atoms with Gasteiger partial charge < -0.3 is 14.8 Å². The Balaban J connectivity index is 1.50. The second-order valence-corrected chi connectivity index (χ2v) is 11.7. The number of anilines is 1. The predicted molar refractivity (Wildman–Crippen MR) is 180 cm³/mol. The van der Waals surface area contributed by atoms with E-state index in [-0.39, 0.29) is 29.0 Å². The molecule has 0 spiro atoms. The molecular formula is C34H30BrClN4O4. The molecule has 0 fully saturated rings. The summed E-state index contributed by atoms with van der Waals surface area (Å²) in [6.07, 6.45) is 1.53. The predicted octanol–water partition coefficient (Wildman–Crippen LogP) is 7.82. The van der Waals surface area contributed by atoms with Gasteiger partial charge in [-0.3, -0.25) is 9.59 Å². The van der Waals surface area contributed by atoms with Gasteiger partial charge in [-0.15, -0.1) is 0 Å². The number of carbonyl (C=O) groups excluding carboxylic acids is 1. The number of nitrogens with one attached hydrogen (secondary N) is 1. The molecule has 0 aliphatic carbocycles. The Hall–Kier alpha value is -4.47. The number of ether oxygens (including phenoxy) is 2. The highest BCUT2D eigenvalue weighted by Gasteiger charge is 2.19. The molecule has 0 saturated heterocycles. The Kier molecular flexibility index (Phi) is 9.46. The van der Waals surface area contributed by atoms with E-state index in [1.165, 1.54) is 10.9 Å². The van der Waals surface area contributed by atoms with E-state index in [9.17, 15) is 9.59 Å². The summed E-state index contributed by atoms with van der Waals surface area (Å²) in [7, 11) is 1.65. The molecule has 5 rings (SSSR count). The van der Waals surface area contributed by atoms with Gasteiger partial charge in [-0.1, -0.05) is 55.8 Å². The molecule has 0 bridgehead atoms. The van der Waals surface area contributed by atoms with Crippen LogP contribution in [0.4, 0.5) is 5.69 Å². The lowest BCUT2D eigenvalue weighted by Gasteiger charge is -2.17. The molecule has 0 saturated carbocycles. The van der Waals surface area contributed by atoms with E-state index >= 15 is 0 Å². The highest BCUT2D eigenvalue weighted by atomic mass is 79.9. The molecule has 0 radical (unpaired) electrons. The van der Waals surface area contributed by atoms with E-state index in [1.807, 2.05) is 49.4 Å². The largest absolute Gasteiger partial charge is 0.496 e. The maximum absolute atomic E-state index is 13.8. The highest BCUT2D eigenvalue weighted by Crippen LogP contribution is 2.35. The first-order chi connectivity index (χ1) is 21.2. The van der Waals surface area contributed by atoms with E-state index in [0.29, 0.717) is 38.2 Å². The zero-order chi connectivity index (χ0) is 31.4. The number of aryl methyl sites for hydroxylation is 1. The molecule has 5 aromatic rings. The summed E-state index contributed by atoms with van der Waals surface area (Å²) in [6.45, 7) is 5.89. The van der Waals surface area contributed by atoms with Gasteiger partial charge in [0.1, 0.15) is 5.75 Å². The minimum Gasteiger partial charge on any atom is -0.496 e. The summed E-state index contributed by atoms with van der Waals surface area (Å²) in [5.74, 6) is 1.35. The van der Waals surface area contributed by atoms with E-state index in [4.69, 9.17) is 26.1 Å². The van der Waals surface area contributed by atoms with Crippen molar-refractivity contribution >= 4 is 56.2 Å². The molecule has 0 unspecified atom stereocenters. The topological polar surface area (TPSA) is 94.8 Å². The van der Waals surface area contributed by atoms with Crippen LogP contribution in [-0.2, 0) is 4.79 Å². The zero-order valence-corrected chi connectivity index (χ0v) is 26.9. The first-order valence-corrected chi connectivity index (χ1v) is 15.0. The highest BCUT2D eigenvalue weighted by molar-refractivity contribution is 9.10. The molecule has 8 nitrogen and oxygen atoms in total. The Labute approximate surface area is 268 Å². The summed E-state index contributed by atoms with van der Waals surface area (Å²) in [4.78, 5) is 31.0. The van der Waals surface area contributed by atoms with Crippen molar-refractivity contribution in [2.75, 3.05) is 19.0 Å². The number of hydrogen-bond acceptors (Lipinski definition) is 6. The number of benzene rings is 4. The average Bonchev–Trinajstić information content (AvgIpc) is 3.00. The number of methoxy groups -OCH3 is 1. The molecule has 1 N–H and O–H groups in total. The van der Waals surface area contributed by atoms with Gasteiger partial charge in [0.25, 0.3) is 11.5 Å². The summed E-state index contributed by atoms with van der Waals surface area (Å²) < 4.78 is 13.2. The lowest BCUT2D eigenvalue weighted by atomic mass is 9.96. The van der Waals surface area contributed by atoms with Crippen LogP contribution in [-0.4, -0.2) is 35.5 Å². The second-order valence-electron chi connectivity index (χ2n) is 10.4. The number of para-hydroxylation sites is 2. The molecule has 44 heavy (non-hydrogen) atoms. The van der Waals surface area contributed by atoms with E-state index in [2.05, 4.69) is 40.2 Å². The minimum absolute atomic E-state index is 0.179. The molecule has 1 aromatic heterocycles. The number of amides is 1. The first-order valence-electron chi connectivity index (χ1n) is 13.9. The Bertz CT molecular complexity index is 1920. The minimum atomic E-state index is -0.324. The zero-order valence-electron chi connectivity index (χ0n) is 24.6. The number of rotatable bonds is 9. The standard InChI is InChI=1S/C34H30BrClN4O4/c1-20(2)25-17-26(21(3)14-30(25)43-4)33-39-29-13-9-8-12-24(29)34(42)40(33)37-18-22-15-27(35)32(28(36)16-22)44-19-31(41)38-23-10-6-5-7-11-23/h5-18,20H,19H2,1-4H3,(H,38,41). The first kappa shape index (κ1) is 31.0. The summed E-state index contributed by atoms with van der Waals surface area (Å²) in [6, 6.07) is 23.6. The van der Waals surface area contributed by atoms with Gasteiger partial charge in [0, 0.05) is 11.3 Å². The molecule has 10 heteroatoms. The summed E-state index contributed by atoms with van der Waals surface area (Å²) in [5, 5.41) is 8.08. The van der Waals surface area contributed by atoms with Crippen molar-refractivity contribution in [1.82, 2.24) is 9.66 Å². The number of hydrogen-bond donors (Lipinski definition) is 1. The third-order valence-corrected chi connectivity index (χ3v) is 7.81.